The van der Waals surface area contributed by atoms with E-state index in [4.69, 9.17) is 5.73 Å². The van der Waals surface area contributed by atoms with Crippen LogP contribution >= 0.6 is 0 Å². The number of hydrogen-bond acceptors (Lipinski definition) is 7. The molecule has 2 unspecified atom stereocenters. The maximum atomic E-state index is 13.7. The number of rotatable bonds is 15. The van der Waals surface area contributed by atoms with Crippen molar-refractivity contribution in [2.75, 3.05) is 13.1 Å². The quantitative estimate of drug-likeness (QED) is 0.156. The lowest BCUT2D eigenvalue weighted by molar-refractivity contribution is -0.139. The molecule has 3 aromatic rings. The largest absolute Gasteiger partial charge is 0.389 e. The molecule has 1 aliphatic carbocycles. The molecule has 48 heavy (non-hydrogen) atoms. The van der Waals surface area contributed by atoms with Gasteiger partial charge in [-0.15, -0.1) is 0 Å². The van der Waals surface area contributed by atoms with Gasteiger partial charge in [-0.2, -0.15) is 0 Å². The Morgan fingerprint density at radius 2 is 1.62 bits per heavy atom. The van der Waals surface area contributed by atoms with E-state index < -0.39 is 42.3 Å². The minimum absolute atomic E-state index is 0.0761. The van der Waals surface area contributed by atoms with Crippen LogP contribution in [0.4, 0.5) is 0 Å². The number of aromatic nitrogens is 1. The Labute approximate surface area is 283 Å². The Morgan fingerprint density at radius 1 is 0.938 bits per heavy atom. The van der Waals surface area contributed by atoms with E-state index >= 15 is 0 Å². The van der Waals surface area contributed by atoms with Gasteiger partial charge >= 0.3 is 0 Å². The molecule has 258 valence electrons. The first-order chi connectivity index (χ1) is 22.9. The van der Waals surface area contributed by atoms with Crippen LogP contribution in [0.5, 0.6) is 0 Å². The number of aliphatic hydroxyl groups excluding tert-OH is 1. The second-order valence-electron chi connectivity index (χ2n) is 14.1. The van der Waals surface area contributed by atoms with Crippen molar-refractivity contribution in [1.82, 2.24) is 26.1 Å². The summed E-state index contributed by atoms with van der Waals surface area (Å²) in [6.07, 6.45) is 4.58. The van der Waals surface area contributed by atoms with E-state index in [1.807, 2.05) is 69.3 Å². The first-order valence-electron chi connectivity index (χ1n) is 16.9. The van der Waals surface area contributed by atoms with Crippen LogP contribution in [0.15, 0.2) is 66.7 Å². The van der Waals surface area contributed by atoms with E-state index in [2.05, 4.69) is 21.0 Å². The lowest BCUT2D eigenvalue weighted by atomic mass is 9.89. The van der Waals surface area contributed by atoms with Crippen LogP contribution in [0.1, 0.15) is 81.8 Å². The average Bonchev–Trinajstić information content (AvgIpc) is 3.05. The van der Waals surface area contributed by atoms with Gasteiger partial charge in [-0.25, -0.2) is 10.4 Å². The minimum atomic E-state index is -1.32. The summed E-state index contributed by atoms with van der Waals surface area (Å²) in [6.45, 7) is 6.50. The number of primary amides is 1. The number of hydrogen-bond donors (Lipinski definition) is 5. The molecule has 3 atom stereocenters. The van der Waals surface area contributed by atoms with Gasteiger partial charge in [0.1, 0.15) is 11.7 Å². The molecule has 4 amide bonds. The van der Waals surface area contributed by atoms with Gasteiger partial charge in [-0.1, -0.05) is 94.6 Å². The van der Waals surface area contributed by atoms with Gasteiger partial charge in [-0.3, -0.25) is 24.2 Å². The summed E-state index contributed by atoms with van der Waals surface area (Å²) in [7, 11) is 0. The fourth-order valence-corrected chi connectivity index (χ4v) is 6.02. The number of aliphatic hydroxyl groups is 1. The number of nitrogens with one attached hydrogen (secondary N) is 3. The number of nitrogens with zero attached hydrogens (tertiary/aromatic N) is 2. The van der Waals surface area contributed by atoms with Crippen LogP contribution in [-0.2, 0) is 20.8 Å². The van der Waals surface area contributed by atoms with E-state index in [1.54, 1.807) is 18.2 Å². The number of hydrazine groups is 1. The van der Waals surface area contributed by atoms with Crippen molar-refractivity contribution < 1.29 is 24.3 Å². The third-order valence-electron chi connectivity index (χ3n) is 8.60. The van der Waals surface area contributed by atoms with Gasteiger partial charge in [0.05, 0.1) is 30.6 Å². The molecule has 6 N–H and O–H groups in total. The first kappa shape index (κ1) is 36.5. The van der Waals surface area contributed by atoms with E-state index in [0.29, 0.717) is 18.0 Å². The zero-order chi connectivity index (χ0) is 34.7. The monoisotopic (exact) mass is 658 g/mol. The van der Waals surface area contributed by atoms with Gasteiger partial charge in [0.15, 0.2) is 0 Å². The van der Waals surface area contributed by atoms with E-state index in [9.17, 15) is 24.3 Å². The van der Waals surface area contributed by atoms with Crippen LogP contribution in [0.2, 0.25) is 0 Å². The van der Waals surface area contributed by atoms with Crippen LogP contribution in [0.3, 0.4) is 0 Å². The molecular formula is C37H50N6O5. The summed E-state index contributed by atoms with van der Waals surface area (Å²) in [6, 6.07) is 17.8. The molecular weight excluding hydrogens is 608 g/mol. The molecule has 1 aromatic heterocycles. The number of nitrogens with two attached hydrogens (primary N) is 1. The summed E-state index contributed by atoms with van der Waals surface area (Å²) >= 11 is 0. The predicted octanol–water partition coefficient (Wildman–Crippen LogP) is 3.65. The fourth-order valence-electron chi connectivity index (χ4n) is 6.02. The van der Waals surface area contributed by atoms with Crippen molar-refractivity contribution in [3.8, 4) is 0 Å². The molecule has 0 spiro atoms. The summed E-state index contributed by atoms with van der Waals surface area (Å²) < 4.78 is 0. The van der Waals surface area contributed by atoms with Gasteiger partial charge in [0.25, 0.3) is 5.91 Å². The molecule has 0 aliphatic heterocycles. The molecule has 0 saturated heterocycles. The van der Waals surface area contributed by atoms with Crippen LogP contribution in [0, 0.1) is 11.3 Å². The highest BCUT2D eigenvalue weighted by molar-refractivity contribution is 5.99. The van der Waals surface area contributed by atoms with Crippen molar-refractivity contribution >= 4 is 34.5 Å². The summed E-state index contributed by atoms with van der Waals surface area (Å²) in [5, 5.41) is 19.5. The summed E-state index contributed by atoms with van der Waals surface area (Å²) in [5.74, 6) is -1.83. The maximum Gasteiger partial charge on any atom is 0.270 e. The number of carbonyl (C=O) groups excluding carboxylic acids is 4. The highest BCUT2D eigenvalue weighted by Crippen LogP contribution is 2.24. The molecule has 4 rings (SSSR count). The van der Waals surface area contributed by atoms with Crippen LogP contribution < -0.4 is 21.8 Å². The molecule has 11 nitrogen and oxygen atoms in total. The predicted molar refractivity (Wildman–Crippen MR) is 185 cm³/mol. The van der Waals surface area contributed by atoms with Crippen molar-refractivity contribution in [2.24, 2.45) is 17.1 Å². The highest BCUT2D eigenvalue weighted by atomic mass is 16.3. The van der Waals surface area contributed by atoms with Gasteiger partial charge in [-0.05, 0) is 48.3 Å². The SMILES string of the molecule is CC(C)(C)CC(=O)N(CC(O)C(Cc1ccccc1)NC(=O)[C@H](CC(N)=O)NC(=O)c1ccc2ccccc2n1)NCC1CCCCC1. The fraction of sp³-hybridized carbons (Fsp3) is 0.486. The summed E-state index contributed by atoms with van der Waals surface area (Å²) in [5.41, 5.74) is 10.1. The standard InChI is InChI=1S/C37H50N6O5/c1-37(2,3)22-34(46)43(39-23-26-14-8-5-9-15-26)24-32(44)30(20-25-12-6-4-7-13-25)41-36(48)31(21-33(38)45)42-35(47)29-19-18-27-16-10-11-17-28(27)40-29/h4,6-7,10-13,16-19,26,30-32,39,44H,5,8-9,14-15,20-24H2,1-3H3,(H2,38,45)(H,41,48)(H,42,47)/t30?,31-,32?/m0/s1. The molecule has 0 radical (unpaired) electrons. The zero-order valence-electron chi connectivity index (χ0n) is 28.3. The number of carbonyl (C=O) groups is 4. The van der Waals surface area contributed by atoms with Gasteiger partial charge < -0.3 is 21.5 Å². The molecule has 1 saturated carbocycles. The third kappa shape index (κ3) is 11.4. The average molecular weight is 659 g/mol. The Balaban J connectivity index is 1.53. The van der Waals surface area contributed by atoms with Crippen molar-refractivity contribution in [2.45, 2.75) is 90.3 Å². The van der Waals surface area contributed by atoms with Crippen LogP contribution in [-0.4, -0.2) is 70.0 Å². The second kappa shape index (κ2) is 17.2. The number of fused-ring (bicyclic) bond motifs is 1. The number of amides is 4. The third-order valence-corrected chi connectivity index (χ3v) is 8.60. The van der Waals surface area contributed by atoms with Gasteiger partial charge in [0.2, 0.25) is 17.7 Å². The van der Waals surface area contributed by atoms with Crippen molar-refractivity contribution in [3.05, 3.63) is 78.0 Å². The summed E-state index contributed by atoms with van der Waals surface area (Å²) in [4.78, 5) is 56.9. The number of pyridine rings is 1. The van der Waals surface area contributed by atoms with E-state index in [0.717, 1.165) is 36.6 Å². The number of para-hydroxylation sites is 1. The second-order valence-corrected chi connectivity index (χ2v) is 14.1. The lowest BCUT2D eigenvalue weighted by Crippen LogP contribution is -2.58. The Kier molecular flexibility index (Phi) is 13.0. The van der Waals surface area contributed by atoms with E-state index in [1.165, 1.54) is 11.4 Å². The molecule has 1 fully saturated rings. The highest BCUT2D eigenvalue weighted by Gasteiger charge is 2.32. The number of benzene rings is 2. The Morgan fingerprint density at radius 3 is 2.31 bits per heavy atom. The first-order valence-corrected chi connectivity index (χ1v) is 16.9. The van der Waals surface area contributed by atoms with E-state index in [-0.39, 0.29) is 36.4 Å². The maximum absolute atomic E-state index is 13.7. The zero-order valence-corrected chi connectivity index (χ0v) is 28.3. The van der Waals surface area contributed by atoms with Gasteiger partial charge in [0, 0.05) is 18.4 Å². The van der Waals surface area contributed by atoms with Crippen molar-refractivity contribution in [1.29, 1.82) is 0 Å². The molecule has 2 aromatic carbocycles. The molecule has 1 heterocycles. The normalized spacial score (nSPS) is 15.7. The van der Waals surface area contributed by atoms with Crippen LogP contribution in [0.25, 0.3) is 10.9 Å². The van der Waals surface area contributed by atoms with Crippen molar-refractivity contribution in [3.63, 3.8) is 0 Å². The molecule has 0 bridgehead atoms. The Hall–Kier alpha value is -4.35. The smallest absolute Gasteiger partial charge is 0.270 e. The lowest BCUT2D eigenvalue weighted by Gasteiger charge is -2.34. The Bertz CT molecular complexity index is 1540. The molecule has 1 aliphatic rings. The topological polar surface area (TPSA) is 167 Å². The minimum Gasteiger partial charge on any atom is -0.389 e. The molecule has 11 heteroatoms.